The van der Waals surface area contributed by atoms with Gasteiger partial charge in [0.05, 0.1) is 19.8 Å². The summed E-state index contributed by atoms with van der Waals surface area (Å²) >= 11 is 0. The highest BCUT2D eigenvalue weighted by Crippen LogP contribution is 2.54. The molecule has 11 heteroatoms. The van der Waals surface area contributed by atoms with E-state index in [0.29, 0.717) is 70.9 Å². The maximum atomic E-state index is 14.5. The van der Waals surface area contributed by atoms with Gasteiger partial charge in [-0.1, -0.05) is 27.7 Å². The van der Waals surface area contributed by atoms with Crippen LogP contribution in [0.1, 0.15) is 79.1 Å². The molecule has 0 heterocycles. The lowest BCUT2D eigenvalue weighted by Gasteiger charge is -2.33. The number of Topliss-reactive ketones (excluding diaryl/α,β-unsaturated/α-hetero) is 1. The van der Waals surface area contributed by atoms with Crippen LogP contribution >= 0.6 is 0 Å². The number of aliphatic hydroxyl groups excluding tert-OH is 2. The summed E-state index contributed by atoms with van der Waals surface area (Å²) < 4.78 is 18.5. The van der Waals surface area contributed by atoms with Crippen molar-refractivity contribution < 1.29 is 34.0 Å². The van der Waals surface area contributed by atoms with Crippen molar-refractivity contribution in [3.8, 4) is 0 Å². The number of carbonyl (C=O) groups excluding carboxylic acids is 2. The van der Waals surface area contributed by atoms with Crippen LogP contribution in [0.3, 0.4) is 0 Å². The maximum absolute atomic E-state index is 14.5. The summed E-state index contributed by atoms with van der Waals surface area (Å²) in [5, 5.41) is 20.7. The molecule has 3 aliphatic carbocycles. The molecule has 0 aromatic heterocycles. The van der Waals surface area contributed by atoms with Crippen molar-refractivity contribution in [1.29, 1.82) is 0 Å². The molecule has 8 N–H and O–H groups in total. The number of carbonyl (C=O) groups is 2. The lowest BCUT2D eigenvalue weighted by Crippen LogP contribution is -2.38. The standard InChI is InChI=1S/C37H68N4O7/c1-23(2)9-12-46-21-32-25(16-42)14-26(17-43)34(32)30-7-8-31(36(30)45)35-27(18-44)15-28(33(35)22-47-13-10-24(3)4)19-48-20-29(38)6-5-11-41-37(39)40/h18,23-35,42-43H,5-17,19-22,38H2,1-4H3,(H4,39,40,41)/t25-,26+,27-,28+,29+,30?,31?,32+,33-,34?,35?/m1/s1. The van der Waals surface area contributed by atoms with Gasteiger partial charge in [0.25, 0.3) is 0 Å². The number of rotatable bonds is 23. The van der Waals surface area contributed by atoms with Gasteiger partial charge < -0.3 is 46.4 Å². The highest BCUT2D eigenvalue weighted by molar-refractivity contribution is 5.86. The molecule has 0 aromatic rings. The van der Waals surface area contributed by atoms with E-state index in [1.54, 1.807) is 0 Å². The molecule has 4 unspecified atom stereocenters. The van der Waals surface area contributed by atoms with Gasteiger partial charge in [-0.25, -0.2) is 0 Å². The normalized spacial score (nSPS) is 32.8. The van der Waals surface area contributed by atoms with E-state index in [-0.39, 0.29) is 90.2 Å². The Balaban J connectivity index is 1.73. The third-order valence-corrected chi connectivity index (χ3v) is 11.5. The summed E-state index contributed by atoms with van der Waals surface area (Å²) in [6.45, 7) is 12.4. The molecule has 0 bridgehead atoms. The molecule has 3 fully saturated rings. The zero-order valence-corrected chi connectivity index (χ0v) is 30.2. The second-order valence-corrected chi connectivity index (χ2v) is 15.9. The minimum Gasteiger partial charge on any atom is -0.396 e. The van der Waals surface area contributed by atoms with E-state index < -0.39 is 0 Å². The molecule has 3 aliphatic rings. The maximum Gasteiger partial charge on any atom is 0.185 e. The Morgan fingerprint density at radius 1 is 0.833 bits per heavy atom. The predicted octanol–water partition coefficient (Wildman–Crippen LogP) is 3.03. The van der Waals surface area contributed by atoms with Crippen molar-refractivity contribution in [3.63, 3.8) is 0 Å². The van der Waals surface area contributed by atoms with Crippen molar-refractivity contribution >= 4 is 18.0 Å². The molecule has 0 saturated heterocycles. The first-order valence-electron chi connectivity index (χ1n) is 18.8. The Bertz CT molecular complexity index is 977. The smallest absolute Gasteiger partial charge is 0.185 e. The van der Waals surface area contributed by atoms with Crippen LogP contribution in [0.15, 0.2) is 4.99 Å². The average Bonchev–Trinajstić information content (AvgIpc) is 3.70. The zero-order chi connectivity index (χ0) is 35.2. The largest absolute Gasteiger partial charge is 0.396 e. The number of ether oxygens (including phenoxy) is 3. The molecule has 0 aromatic carbocycles. The van der Waals surface area contributed by atoms with Crippen LogP contribution in [0.2, 0.25) is 0 Å². The molecule has 3 saturated carbocycles. The van der Waals surface area contributed by atoms with Crippen LogP contribution in [0.4, 0.5) is 0 Å². The van der Waals surface area contributed by atoms with Gasteiger partial charge in [-0.05, 0) is 105 Å². The lowest BCUT2D eigenvalue weighted by molar-refractivity contribution is -0.130. The van der Waals surface area contributed by atoms with Crippen molar-refractivity contribution in [2.24, 2.45) is 93.2 Å². The van der Waals surface area contributed by atoms with Crippen LogP contribution < -0.4 is 17.2 Å². The molecule has 11 nitrogen and oxygen atoms in total. The molecule has 0 aliphatic heterocycles. The summed E-state index contributed by atoms with van der Waals surface area (Å²) in [5.41, 5.74) is 17.1. The first-order chi connectivity index (χ1) is 23.0. The van der Waals surface area contributed by atoms with Crippen LogP contribution in [0.5, 0.6) is 0 Å². The molecule has 0 spiro atoms. The summed E-state index contributed by atoms with van der Waals surface area (Å²) in [5.74, 6) is 0.631. The summed E-state index contributed by atoms with van der Waals surface area (Å²) in [4.78, 5) is 31.1. The van der Waals surface area contributed by atoms with Crippen molar-refractivity contribution in [3.05, 3.63) is 0 Å². The van der Waals surface area contributed by atoms with Gasteiger partial charge in [0.2, 0.25) is 0 Å². The van der Waals surface area contributed by atoms with E-state index in [2.05, 4.69) is 32.7 Å². The summed E-state index contributed by atoms with van der Waals surface area (Å²) in [7, 11) is 0. The van der Waals surface area contributed by atoms with Gasteiger partial charge in [0, 0.05) is 63.4 Å². The van der Waals surface area contributed by atoms with Gasteiger partial charge in [-0.2, -0.15) is 0 Å². The predicted molar refractivity (Wildman–Crippen MR) is 188 cm³/mol. The SMILES string of the molecule is CC(C)CCOC[C@@H]1C(C2CCC(C3[C@@H](C=O)C[C@@H](COC[C@@H](N)CCCN=C(N)N)[C@H]3COCCC(C)C)C2=O)[C@H](CO)C[C@@H]1CO. The van der Waals surface area contributed by atoms with Gasteiger partial charge in [0.1, 0.15) is 12.1 Å². The fraction of sp³-hybridized carbons (Fsp3) is 0.919. The topological polar surface area (TPSA) is 193 Å². The number of aliphatic imine (C=N–C) groups is 1. The average molecular weight is 681 g/mol. The van der Waals surface area contributed by atoms with Crippen LogP contribution in [0, 0.1) is 71.0 Å². The van der Waals surface area contributed by atoms with Gasteiger partial charge in [-0.15, -0.1) is 0 Å². The van der Waals surface area contributed by atoms with Gasteiger partial charge >= 0.3 is 0 Å². The number of hydrogen-bond acceptors (Lipinski definition) is 9. The molecule has 0 radical (unpaired) electrons. The quantitative estimate of drug-likeness (QED) is 0.0464. The highest BCUT2D eigenvalue weighted by Gasteiger charge is 2.56. The minimum atomic E-state index is -0.240. The third kappa shape index (κ3) is 11.7. The molecule has 278 valence electrons. The summed E-state index contributed by atoms with van der Waals surface area (Å²) in [6, 6.07) is -0.146. The van der Waals surface area contributed by atoms with E-state index >= 15 is 0 Å². The fourth-order valence-corrected chi connectivity index (χ4v) is 8.94. The zero-order valence-electron chi connectivity index (χ0n) is 30.2. The molecular weight excluding hydrogens is 612 g/mol. The second kappa shape index (κ2) is 20.9. The van der Waals surface area contributed by atoms with E-state index in [9.17, 15) is 19.8 Å². The van der Waals surface area contributed by atoms with E-state index in [4.69, 9.17) is 31.4 Å². The Hall–Kier alpha value is -1.63. The Morgan fingerprint density at radius 2 is 1.42 bits per heavy atom. The van der Waals surface area contributed by atoms with Crippen molar-refractivity contribution in [2.75, 3.05) is 59.4 Å². The number of ketones is 1. The van der Waals surface area contributed by atoms with Crippen LogP contribution in [0.25, 0.3) is 0 Å². The van der Waals surface area contributed by atoms with E-state index in [1.165, 1.54) is 0 Å². The number of nitrogens with zero attached hydrogens (tertiary/aromatic N) is 1. The Labute approximate surface area is 289 Å². The van der Waals surface area contributed by atoms with Crippen LogP contribution in [-0.2, 0) is 23.8 Å². The second-order valence-electron chi connectivity index (χ2n) is 15.9. The highest BCUT2D eigenvalue weighted by atomic mass is 16.5. The first kappa shape index (κ1) is 40.8. The number of aliphatic hydroxyl groups is 2. The van der Waals surface area contributed by atoms with Gasteiger partial charge in [0.15, 0.2) is 5.96 Å². The monoisotopic (exact) mass is 681 g/mol. The summed E-state index contributed by atoms with van der Waals surface area (Å²) in [6.07, 6.45) is 7.30. The molecule has 0 amide bonds. The third-order valence-electron chi connectivity index (χ3n) is 11.5. The van der Waals surface area contributed by atoms with Crippen molar-refractivity contribution in [1.82, 2.24) is 0 Å². The number of aldehydes is 1. The first-order valence-corrected chi connectivity index (χ1v) is 18.8. The number of nitrogens with two attached hydrogens (primary N) is 3. The molecule has 48 heavy (non-hydrogen) atoms. The van der Waals surface area contributed by atoms with Crippen molar-refractivity contribution in [2.45, 2.75) is 85.1 Å². The number of guanidine groups is 1. The Morgan fingerprint density at radius 3 is 1.96 bits per heavy atom. The Kier molecular flexibility index (Phi) is 17.8. The van der Waals surface area contributed by atoms with Crippen LogP contribution in [-0.4, -0.2) is 93.7 Å². The van der Waals surface area contributed by atoms with Gasteiger partial charge in [-0.3, -0.25) is 9.79 Å². The molecule has 3 rings (SSSR count). The fourth-order valence-electron chi connectivity index (χ4n) is 8.94. The lowest BCUT2D eigenvalue weighted by atomic mass is 9.73. The minimum absolute atomic E-state index is 0.000648. The molecule has 11 atom stereocenters. The van der Waals surface area contributed by atoms with E-state index in [0.717, 1.165) is 44.8 Å². The number of hydrogen-bond donors (Lipinski definition) is 5. The van der Waals surface area contributed by atoms with E-state index in [1.807, 2.05) is 0 Å². The molecular formula is C37H68N4O7.